The number of hydrogen-bond donors (Lipinski definition) is 2. The summed E-state index contributed by atoms with van der Waals surface area (Å²) in [5, 5.41) is 12.5. The van der Waals surface area contributed by atoms with E-state index in [0.29, 0.717) is 6.42 Å². The highest BCUT2D eigenvalue weighted by Crippen LogP contribution is 2.25. The number of hydrogen-bond acceptors (Lipinski definition) is 3. The maximum atomic E-state index is 12.3. The van der Waals surface area contributed by atoms with Crippen LogP contribution in [0.2, 0.25) is 0 Å². The molecule has 0 aromatic heterocycles. The van der Waals surface area contributed by atoms with Gasteiger partial charge < -0.3 is 15.2 Å². The molecule has 2 N–H and O–H groups in total. The van der Waals surface area contributed by atoms with Crippen LogP contribution < -0.4 is 5.32 Å². The third-order valence-corrected chi connectivity index (χ3v) is 2.62. The van der Waals surface area contributed by atoms with E-state index in [9.17, 15) is 18.3 Å². The lowest BCUT2D eigenvalue weighted by atomic mass is 9.94. The number of aliphatic hydroxyl groups excluding tert-OH is 1. The predicted octanol–water partition coefficient (Wildman–Crippen LogP) is 2.48. The van der Waals surface area contributed by atoms with Crippen LogP contribution in [0.1, 0.15) is 41.0 Å². The van der Waals surface area contributed by atoms with Gasteiger partial charge in [-0.25, -0.2) is 0 Å². The van der Waals surface area contributed by atoms with Crippen molar-refractivity contribution in [2.75, 3.05) is 6.61 Å². The van der Waals surface area contributed by atoms with Gasteiger partial charge in [0.2, 0.25) is 0 Å². The molecule has 0 heterocycles. The molecular weight excluding hydrogens is 247 g/mol. The van der Waals surface area contributed by atoms with E-state index in [-0.39, 0.29) is 12.6 Å². The highest BCUT2D eigenvalue weighted by atomic mass is 19.4. The lowest BCUT2D eigenvalue weighted by Gasteiger charge is -2.34. The first-order valence-corrected chi connectivity index (χ1v) is 6.11. The SMILES string of the molecule is CC(C)NC(C)(CO)CC(C)OC(C)C(F)(F)F. The minimum atomic E-state index is -4.35. The van der Waals surface area contributed by atoms with Crippen molar-refractivity contribution in [2.45, 2.75) is 71.0 Å². The standard InChI is InChI=1S/C12H24F3NO2/c1-8(2)16-11(5,7-17)6-9(3)18-10(4)12(13,14)15/h8-10,16-17H,6-7H2,1-5H3. The molecule has 0 aliphatic rings. The van der Waals surface area contributed by atoms with Crippen LogP contribution in [0.15, 0.2) is 0 Å². The van der Waals surface area contributed by atoms with Crippen LogP contribution in [0, 0.1) is 0 Å². The molecule has 0 rings (SSSR count). The molecule has 0 fully saturated rings. The normalized spacial score (nSPS) is 19.7. The minimum absolute atomic E-state index is 0.134. The maximum absolute atomic E-state index is 12.3. The molecule has 3 unspecified atom stereocenters. The molecule has 6 heteroatoms. The summed E-state index contributed by atoms with van der Waals surface area (Å²) >= 11 is 0. The topological polar surface area (TPSA) is 41.5 Å². The van der Waals surface area contributed by atoms with Gasteiger partial charge in [0, 0.05) is 11.6 Å². The minimum Gasteiger partial charge on any atom is -0.394 e. The van der Waals surface area contributed by atoms with Gasteiger partial charge in [-0.15, -0.1) is 0 Å². The summed E-state index contributed by atoms with van der Waals surface area (Å²) in [4.78, 5) is 0. The van der Waals surface area contributed by atoms with Crippen LogP contribution >= 0.6 is 0 Å². The fourth-order valence-corrected chi connectivity index (χ4v) is 1.97. The van der Waals surface area contributed by atoms with Crippen molar-refractivity contribution in [1.29, 1.82) is 0 Å². The molecule has 0 radical (unpaired) electrons. The molecule has 0 saturated carbocycles. The Bertz CT molecular complexity index is 246. The van der Waals surface area contributed by atoms with Crippen LogP contribution in [0.5, 0.6) is 0 Å². The van der Waals surface area contributed by atoms with E-state index in [1.54, 1.807) is 13.8 Å². The largest absolute Gasteiger partial charge is 0.414 e. The van der Waals surface area contributed by atoms with E-state index < -0.39 is 23.9 Å². The second kappa shape index (κ2) is 6.73. The summed E-state index contributed by atoms with van der Waals surface area (Å²) < 4.78 is 42.0. The van der Waals surface area contributed by atoms with Gasteiger partial charge in [-0.05, 0) is 27.2 Å². The molecule has 110 valence electrons. The smallest absolute Gasteiger partial charge is 0.394 e. The van der Waals surface area contributed by atoms with Crippen LogP contribution in [0.4, 0.5) is 13.2 Å². The maximum Gasteiger partial charge on any atom is 0.414 e. The Morgan fingerprint density at radius 1 is 1.17 bits per heavy atom. The van der Waals surface area contributed by atoms with Gasteiger partial charge in [0.05, 0.1) is 12.7 Å². The lowest BCUT2D eigenvalue weighted by Crippen LogP contribution is -2.51. The highest BCUT2D eigenvalue weighted by molar-refractivity contribution is 4.86. The quantitative estimate of drug-likeness (QED) is 0.747. The predicted molar refractivity (Wildman–Crippen MR) is 64.4 cm³/mol. The average Bonchev–Trinajstić information content (AvgIpc) is 2.14. The molecule has 3 atom stereocenters. The van der Waals surface area contributed by atoms with Gasteiger partial charge in [-0.1, -0.05) is 13.8 Å². The third-order valence-electron chi connectivity index (χ3n) is 2.62. The fourth-order valence-electron chi connectivity index (χ4n) is 1.97. The number of nitrogens with one attached hydrogen (secondary N) is 1. The molecule has 0 aliphatic heterocycles. The molecule has 0 spiro atoms. The second-order valence-electron chi connectivity index (χ2n) is 5.35. The van der Waals surface area contributed by atoms with Gasteiger partial charge in [-0.2, -0.15) is 13.2 Å². The summed E-state index contributed by atoms with van der Waals surface area (Å²) in [6, 6.07) is 0.134. The summed E-state index contributed by atoms with van der Waals surface area (Å²) in [5.74, 6) is 0. The van der Waals surface area contributed by atoms with E-state index in [2.05, 4.69) is 5.32 Å². The van der Waals surface area contributed by atoms with Crippen molar-refractivity contribution in [3.63, 3.8) is 0 Å². The van der Waals surface area contributed by atoms with Crippen molar-refractivity contribution >= 4 is 0 Å². The fraction of sp³-hybridized carbons (Fsp3) is 1.00. The molecule has 0 saturated heterocycles. The van der Waals surface area contributed by atoms with Gasteiger partial charge in [0.15, 0.2) is 6.10 Å². The van der Waals surface area contributed by atoms with Crippen molar-refractivity contribution < 1.29 is 23.0 Å². The molecule has 18 heavy (non-hydrogen) atoms. The number of rotatable bonds is 7. The van der Waals surface area contributed by atoms with Gasteiger partial charge >= 0.3 is 6.18 Å². The number of aliphatic hydroxyl groups is 1. The highest BCUT2D eigenvalue weighted by Gasteiger charge is 2.39. The molecule has 3 nitrogen and oxygen atoms in total. The Labute approximate surface area is 107 Å². The number of halogens is 3. The summed E-state index contributed by atoms with van der Waals surface area (Å²) in [7, 11) is 0. The van der Waals surface area contributed by atoms with E-state index >= 15 is 0 Å². The Balaban J connectivity index is 4.40. The van der Waals surface area contributed by atoms with Gasteiger partial charge in [-0.3, -0.25) is 0 Å². The number of alkyl halides is 3. The summed E-state index contributed by atoms with van der Waals surface area (Å²) in [6.45, 7) is 8.01. The Morgan fingerprint density at radius 3 is 2.00 bits per heavy atom. The summed E-state index contributed by atoms with van der Waals surface area (Å²) in [5.41, 5.74) is -0.640. The zero-order valence-corrected chi connectivity index (χ0v) is 11.6. The molecule has 0 bridgehead atoms. The molecular formula is C12H24F3NO2. The van der Waals surface area contributed by atoms with Crippen molar-refractivity contribution in [2.24, 2.45) is 0 Å². The first-order valence-electron chi connectivity index (χ1n) is 6.11. The van der Waals surface area contributed by atoms with Crippen molar-refractivity contribution in [3.05, 3.63) is 0 Å². The molecule has 0 aliphatic carbocycles. The molecule has 0 aromatic rings. The van der Waals surface area contributed by atoms with Crippen LogP contribution in [0.25, 0.3) is 0 Å². The zero-order chi connectivity index (χ0) is 14.6. The van der Waals surface area contributed by atoms with Gasteiger partial charge in [0.25, 0.3) is 0 Å². The van der Waals surface area contributed by atoms with Crippen LogP contribution in [-0.2, 0) is 4.74 Å². The van der Waals surface area contributed by atoms with E-state index in [4.69, 9.17) is 4.74 Å². The van der Waals surface area contributed by atoms with Crippen LogP contribution in [-0.4, -0.2) is 41.7 Å². The Hall–Kier alpha value is -0.330. The Kier molecular flexibility index (Phi) is 6.60. The molecule has 0 amide bonds. The second-order valence-corrected chi connectivity index (χ2v) is 5.35. The van der Waals surface area contributed by atoms with Crippen LogP contribution in [0.3, 0.4) is 0 Å². The third kappa shape index (κ3) is 6.56. The monoisotopic (exact) mass is 271 g/mol. The zero-order valence-electron chi connectivity index (χ0n) is 11.6. The Morgan fingerprint density at radius 2 is 1.67 bits per heavy atom. The lowest BCUT2D eigenvalue weighted by molar-refractivity contribution is -0.227. The molecule has 0 aromatic carbocycles. The first kappa shape index (κ1) is 17.7. The number of ether oxygens (including phenoxy) is 1. The van der Waals surface area contributed by atoms with E-state index in [0.717, 1.165) is 6.92 Å². The summed E-state index contributed by atoms with van der Waals surface area (Å²) in [6.07, 6.45) is -6.43. The van der Waals surface area contributed by atoms with Crippen molar-refractivity contribution in [1.82, 2.24) is 5.32 Å². The first-order chi connectivity index (χ1) is 8.00. The van der Waals surface area contributed by atoms with E-state index in [1.165, 1.54) is 0 Å². The van der Waals surface area contributed by atoms with Crippen molar-refractivity contribution in [3.8, 4) is 0 Å². The average molecular weight is 271 g/mol. The van der Waals surface area contributed by atoms with Gasteiger partial charge in [0.1, 0.15) is 0 Å². The van der Waals surface area contributed by atoms with E-state index in [1.807, 2.05) is 13.8 Å².